The fourth-order valence-corrected chi connectivity index (χ4v) is 0.897. The molecule has 0 unspecified atom stereocenters. The maximum absolute atomic E-state index is 4.15. The number of hydrogen-bond acceptors (Lipinski definition) is 1. The van der Waals surface area contributed by atoms with Crippen molar-refractivity contribution in [3.8, 4) is 0 Å². The van der Waals surface area contributed by atoms with Gasteiger partial charge < -0.3 is 1.43 Å². The summed E-state index contributed by atoms with van der Waals surface area (Å²) in [5, 5.41) is 0. The van der Waals surface area contributed by atoms with Crippen LogP contribution >= 0.6 is 28.6 Å². The summed E-state index contributed by atoms with van der Waals surface area (Å²) < 4.78 is 1.04. The van der Waals surface area contributed by atoms with Gasteiger partial charge in [-0.3, -0.25) is 0 Å². The van der Waals surface area contributed by atoms with Crippen molar-refractivity contribution >= 4 is 28.6 Å². The van der Waals surface area contributed by atoms with Gasteiger partial charge in [0, 0.05) is 9.37 Å². The van der Waals surface area contributed by atoms with Crippen molar-refractivity contribution in [2.75, 3.05) is 0 Å². The molecular weight excluding hydrogens is 207 g/mol. The van der Waals surface area contributed by atoms with Crippen LogP contribution in [0.15, 0.2) is 33.6 Å². The predicted octanol–water partition coefficient (Wildman–Crippen LogP) is -0.146. The van der Waals surface area contributed by atoms with Crippen LogP contribution in [0, 0.1) is 0 Å². The Morgan fingerprint density at radius 3 is 2.22 bits per heavy atom. The Kier molecular flexibility index (Phi) is 5.36. The summed E-state index contributed by atoms with van der Waals surface area (Å²) in [6, 6.07) is 7.81. The Morgan fingerprint density at radius 2 is 1.89 bits per heavy atom. The number of benzene rings is 1. The molecule has 0 atom stereocenters. The van der Waals surface area contributed by atoms with Crippen LogP contribution in [0.5, 0.6) is 0 Å². The molecule has 1 aromatic rings. The molecule has 0 nitrogen and oxygen atoms in total. The van der Waals surface area contributed by atoms with E-state index in [0.717, 1.165) is 9.37 Å². The van der Waals surface area contributed by atoms with Crippen molar-refractivity contribution in [1.82, 2.24) is 0 Å². The Morgan fingerprint density at radius 1 is 1.33 bits per heavy atom. The second-order valence-electron chi connectivity index (χ2n) is 1.45. The minimum atomic E-state index is 0. The Balaban J connectivity index is 0. The molecular formula is C6H6BrNaS. The number of halogens is 1. The van der Waals surface area contributed by atoms with Crippen molar-refractivity contribution in [2.24, 2.45) is 0 Å². The second-order valence-corrected chi connectivity index (χ2v) is 2.79. The van der Waals surface area contributed by atoms with Gasteiger partial charge in [0.15, 0.2) is 0 Å². The van der Waals surface area contributed by atoms with E-state index < -0.39 is 0 Å². The van der Waals surface area contributed by atoms with Gasteiger partial charge in [0.2, 0.25) is 0 Å². The number of hydrogen-bond donors (Lipinski definition) is 1. The van der Waals surface area contributed by atoms with E-state index in [1.54, 1.807) is 0 Å². The third kappa shape index (κ3) is 3.10. The fraction of sp³-hybridized carbons (Fsp3) is 0. The van der Waals surface area contributed by atoms with Crippen molar-refractivity contribution in [3.63, 3.8) is 0 Å². The van der Waals surface area contributed by atoms with Crippen LogP contribution in [0.4, 0.5) is 0 Å². The zero-order valence-corrected chi connectivity index (χ0v) is 9.62. The quantitative estimate of drug-likeness (QED) is 0.450. The van der Waals surface area contributed by atoms with Gasteiger partial charge in [0.25, 0.3) is 0 Å². The molecule has 0 amide bonds. The van der Waals surface area contributed by atoms with Crippen molar-refractivity contribution in [3.05, 3.63) is 28.7 Å². The first-order valence-electron chi connectivity index (χ1n) is 2.24. The van der Waals surface area contributed by atoms with Crippen LogP contribution in [0.1, 0.15) is 1.43 Å². The average molecular weight is 213 g/mol. The maximum Gasteiger partial charge on any atom is 1.00 e. The van der Waals surface area contributed by atoms with Crippen LogP contribution in [0.25, 0.3) is 0 Å². The molecule has 0 saturated carbocycles. The van der Waals surface area contributed by atoms with Gasteiger partial charge in [0.05, 0.1) is 0 Å². The average Bonchev–Trinajstić information content (AvgIpc) is 1.77. The standard InChI is InChI=1S/C6H5BrS.Na.H/c7-5-3-1-2-4-6(5)8;;/h1-4,8H;;/q;+1;-1. The molecule has 0 saturated heterocycles. The summed E-state index contributed by atoms with van der Waals surface area (Å²) in [4.78, 5) is 0.979. The minimum absolute atomic E-state index is 0. The molecule has 0 aliphatic rings. The van der Waals surface area contributed by atoms with Gasteiger partial charge in [-0.2, -0.15) is 0 Å². The summed E-state index contributed by atoms with van der Waals surface area (Å²) in [6.07, 6.45) is 0. The second kappa shape index (κ2) is 4.80. The van der Waals surface area contributed by atoms with E-state index in [0.29, 0.717) is 0 Å². The zero-order valence-electron chi connectivity index (χ0n) is 6.13. The van der Waals surface area contributed by atoms with E-state index >= 15 is 0 Å². The Hall–Kier alpha value is 1.05. The monoisotopic (exact) mass is 212 g/mol. The van der Waals surface area contributed by atoms with E-state index in [4.69, 9.17) is 0 Å². The Bertz CT molecular complexity index is 174. The van der Waals surface area contributed by atoms with Crippen molar-refractivity contribution in [1.29, 1.82) is 0 Å². The van der Waals surface area contributed by atoms with Crippen LogP contribution in [-0.2, 0) is 0 Å². The molecule has 0 spiro atoms. The van der Waals surface area contributed by atoms with Crippen LogP contribution in [0.3, 0.4) is 0 Å². The number of rotatable bonds is 0. The topological polar surface area (TPSA) is 0 Å². The van der Waals surface area contributed by atoms with Gasteiger partial charge in [-0.15, -0.1) is 12.6 Å². The zero-order chi connectivity index (χ0) is 5.98. The summed E-state index contributed by atoms with van der Waals surface area (Å²) >= 11 is 7.47. The summed E-state index contributed by atoms with van der Waals surface area (Å²) in [5.41, 5.74) is 0. The first kappa shape index (κ1) is 10.0. The summed E-state index contributed by atoms with van der Waals surface area (Å²) in [7, 11) is 0. The first-order chi connectivity index (χ1) is 3.80. The molecule has 1 aromatic carbocycles. The fourth-order valence-electron chi connectivity index (χ4n) is 0.452. The van der Waals surface area contributed by atoms with Gasteiger partial charge in [-0.25, -0.2) is 0 Å². The van der Waals surface area contributed by atoms with Gasteiger partial charge in [0.1, 0.15) is 0 Å². The van der Waals surface area contributed by atoms with Crippen molar-refractivity contribution in [2.45, 2.75) is 4.90 Å². The predicted molar refractivity (Wildman–Crippen MR) is 42.5 cm³/mol. The van der Waals surface area contributed by atoms with Gasteiger partial charge in [-0.05, 0) is 28.1 Å². The third-order valence-corrected chi connectivity index (χ3v) is 2.24. The van der Waals surface area contributed by atoms with Gasteiger partial charge >= 0.3 is 29.6 Å². The molecule has 9 heavy (non-hydrogen) atoms. The van der Waals surface area contributed by atoms with Crippen LogP contribution < -0.4 is 29.6 Å². The molecule has 1 rings (SSSR count). The Labute approximate surface area is 92.4 Å². The van der Waals surface area contributed by atoms with E-state index in [9.17, 15) is 0 Å². The minimum Gasteiger partial charge on any atom is -1.00 e. The molecule has 44 valence electrons. The molecule has 0 aliphatic carbocycles. The van der Waals surface area contributed by atoms with Crippen LogP contribution in [0.2, 0.25) is 0 Å². The molecule has 0 bridgehead atoms. The SMILES string of the molecule is Sc1ccccc1Br.[H-].[Na+]. The molecule has 0 aromatic heterocycles. The largest absolute Gasteiger partial charge is 1.00 e. The molecule has 0 aliphatic heterocycles. The first-order valence-corrected chi connectivity index (χ1v) is 3.48. The van der Waals surface area contributed by atoms with Crippen molar-refractivity contribution < 1.29 is 31.0 Å². The summed E-state index contributed by atoms with van der Waals surface area (Å²) in [5.74, 6) is 0. The van der Waals surface area contributed by atoms with Crippen LogP contribution in [-0.4, -0.2) is 0 Å². The normalized spacial score (nSPS) is 8.22. The van der Waals surface area contributed by atoms with E-state index in [1.807, 2.05) is 24.3 Å². The summed E-state index contributed by atoms with van der Waals surface area (Å²) in [6.45, 7) is 0. The number of thiol groups is 1. The molecule has 0 fully saturated rings. The maximum atomic E-state index is 4.15. The molecule has 0 heterocycles. The third-order valence-electron chi connectivity index (χ3n) is 0.852. The van der Waals surface area contributed by atoms with E-state index in [1.165, 1.54) is 0 Å². The molecule has 3 heteroatoms. The van der Waals surface area contributed by atoms with Gasteiger partial charge in [-0.1, -0.05) is 12.1 Å². The molecule has 0 radical (unpaired) electrons. The smallest absolute Gasteiger partial charge is 1.00 e. The van der Waals surface area contributed by atoms with E-state index in [-0.39, 0.29) is 31.0 Å². The van der Waals surface area contributed by atoms with E-state index in [2.05, 4.69) is 28.6 Å². The molecule has 0 N–H and O–H groups in total.